The predicted molar refractivity (Wildman–Crippen MR) is 83.0 cm³/mol. The van der Waals surface area contributed by atoms with E-state index in [0.29, 0.717) is 24.6 Å². The van der Waals surface area contributed by atoms with Crippen LogP contribution in [-0.2, 0) is 14.8 Å². The largest absolute Gasteiger partial charge is 0.383 e. The molecule has 0 aromatic heterocycles. The number of sulfonamides is 1. The highest BCUT2D eigenvalue weighted by Crippen LogP contribution is 2.22. The minimum absolute atomic E-state index is 0.438. The first-order chi connectivity index (χ1) is 9.95. The van der Waals surface area contributed by atoms with E-state index in [1.54, 1.807) is 17.5 Å². The van der Waals surface area contributed by atoms with Gasteiger partial charge in [-0.05, 0) is 31.0 Å². The van der Waals surface area contributed by atoms with E-state index in [1.165, 1.54) is 0 Å². The molecule has 1 saturated heterocycles. The maximum atomic E-state index is 12.8. The van der Waals surface area contributed by atoms with Crippen LogP contribution in [-0.4, -0.2) is 64.1 Å². The Morgan fingerprint density at radius 3 is 2.43 bits per heavy atom. The molecule has 0 spiro atoms. The van der Waals surface area contributed by atoms with Gasteiger partial charge in [-0.25, -0.2) is 8.42 Å². The van der Waals surface area contributed by atoms with Crippen LogP contribution in [0.5, 0.6) is 0 Å². The van der Waals surface area contributed by atoms with Crippen molar-refractivity contribution in [1.29, 1.82) is 0 Å². The van der Waals surface area contributed by atoms with Gasteiger partial charge in [-0.15, -0.1) is 0 Å². The fourth-order valence-electron chi connectivity index (χ4n) is 2.54. The molecule has 0 saturated carbocycles. The number of hydrogen-bond donors (Lipinski definition) is 0. The molecule has 1 aliphatic rings. The van der Waals surface area contributed by atoms with Crippen molar-refractivity contribution in [1.82, 2.24) is 9.21 Å². The second-order valence-electron chi connectivity index (χ2n) is 5.51. The van der Waals surface area contributed by atoms with Gasteiger partial charge in [0.2, 0.25) is 10.0 Å². The average Bonchev–Trinajstić information content (AvgIpc) is 2.48. The Morgan fingerprint density at radius 1 is 1.14 bits per heavy atom. The first-order valence-corrected chi connectivity index (χ1v) is 8.68. The zero-order valence-corrected chi connectivity index (χ0v) is 13.8. The summed E-state index contributed by atoms with van der Waals surface area (Å²) >= 11 is 0. The van der Waals surface area contributed by atoms with Gasteiger partial charge in [0, 0.05) is 39.8 Å². The van der Waals surface area contributed by atoms with Crippen LogP contribution < -0.4 is 0 Å². The number of hydrogen-bond acceptors (Lipinski definition) is 4. The van der Waals surface area contributed by atoms with Gasteiger partial charge in [-0.2, -0.15) is 4.31 Å². The van der Waals surface area contributed by atoms with Gasteiger partial charge < -0.3 is 4.74 Å². The van der Waals surface area contributed by atoms with Crippen molar-refractivity contribution >= 4 is 10.0 Å². The number of nitrogens with zero attached hydrogens (tertiary/aromatic N) is 2. The molecule has 0 N–H and O–H groups in total. The van der Waals surface area contributed by atoms with E-state index in [2.05, 4.69) is 4.90 Å². The molecule has 0 unspecified atom stereocenters. The van der Waals surface area contributed by atoms with E-state index in [4.69, 9.17) is 4.74 Å². The van der Waals surface area contributed by atoms with E-state index in [9.17, 15) is 8.42 Å². The number of benzene rings is 1. The maximum absolute atomic E-state index is 12.8. The SMILES string of the molecule is COCCN1CCN(S(=O)(=O)c2cc(C)ccc2C)CC1. The fourth-order valence-corrected chi connectivity index (χ4v) is 4.27. The third kappa shape index (κ3) is 3.83. The molecule has 0 aliphatic carbocycles. The summed E-state index contributed by atoms with van der Waals surface area (Å²) in [5, 5.41) is 0. The molecule has 1 aromatic carbocycles. The van der Waals surface area contributed by atoms with Gasteiger partial charge in [0.1, 0.15) is 0 Å². The lowest BCUT2D eigenvalue weighted by atomic mass is 10.2. The van der Waals surface area contributed by atoms with Crippen molar-refractivity contribution in [3.8, 4) is 0 Å². The fraction of sp³-hybridized carbons (Fsp3) is 0.600. The minimum atomic E-state index is -3.38. The van der Waals surface area contributed by atoms with E-state index >= 15 is 0 Å². The van der Waals surface area contributed by atoms with Crippen LogP contribution in [0.4, 0.5) is 0 Å². The van der Waals surface area contributed by atoms with E-state index in [-0.39, 0.29) is 0 Å². The van der Waals surface area contributed by atoms with Crippen LogP contribution in [0.1, 0.15) is 11.1 Å². The quantitative estimate of drug-likeness (QED) is 0.821. The summed E-state index contributed by atoms with van der Waals surface area (Å²) in [6, 6.07) is 5.58. The Morgan fingerprint density at radius 2 is 1.81 bits per heavy atom. The second kappa shape index (κ2) is 6.87. The predicted octanol–water partition coefficient (Wildman–Crippen LogP) is 1.26. The molecule has 1 aliphatic heterocycles. The normalized spacial score (nSPS) is 18.0. The van der Waals surface area contributed by atoms with Gasteiger partial charge in [0.05, 0.1) is 11.5 Å². The maximum Gasteiger partial charge on any atom is 0.243 e. The third-order valence-electron chi connectivity index (χ3n) is 3.90. The van der Waals surface area contributed by atoms with Crippen LogP contribution in [0, 0.1) is 13.8 Å². The lowest BCUT2D eigenvalue weighted by Crippen LogP contribution is -2.49. The average molecular weight is 312 g/mol. The van der Waals surface area contributed by atoms with Crippen molar-refractivity contribution in [3.63, 3.8) is 0 Å². The molecule has 1 heterocycles. The number of piperazine rings is 1. The summed E-state index contributed by atoms with van der Waals surface area (Å²) in [6.45, 7) is 7.90. The Labute approximate surface area is 127 Å². The highest BCUT2D eigenvalue weighted by Gasteiger charge is 2.29. The number of methoxy groups -OCH3 is 1. The van der Waals surface area contributed by atoms with Crippen molar-refractivity contribution in [2.45, 2.75) is 18.7 Å². The summed E-state index contributed by atoms with van der Waals surface area (Å²) in [7, 11) is -1.70. The zero-order valence-electron chi connectivity index (χ0n) is 13.0. The molecule has 2 rings (SSSR count). The van der Waals surface area contributed by atoms with Crippen LogP contribution in [0.25, 0.3) is 0 Å². The standard InChI is InChI=1S/C15H24N2O3S/c1-13-4-5-14(2)15(12-13)21(18,19)17-8-6-16(7-9-17)10-11-20-3/h4-5,12H,6-11H2,1-3H3. The monoisotopic (exact) mass is 312 g/mol. The topological polar surface area (TPSA) is 49.9 Å². The van der Waals surface area contributed by atoms with E-state index in [1.807, 2.05) is 26.0 Å². The molecular formula is C15H24N2O3S. The van der Waals surface area contributed by atoms with Gasteiger partial charge in [0.15, 0.2) is 0 Å². The molecule has 5 nitrogen and oxygen atoms in total. The third-order valence-corrected chi connectivity index (χ3v) is 5.94. The molecule has 1 fully saturated rings. The van der Waals surface area contributed by atoms with Crippen molar-refractivity contribution in [3.05, 3.63) is 29.3 Å². The first-order valence-electron chi connectivity index (χ1n) is 7.24. The molecule has 1 aromatic rings. The Balaban J connectivity index is 2.10. The number of ether oxygens (including phenoxy) is 1. The van der Waals surface area contributed by atoms with E-state index < -0.39 is 10.0 Å². The Bertz CT molecular complexity index is 579. The van der Waals surface area contributed by atoms with Crippen LogP contribution in [0.3, 0.4) is 0 Å². The first kappa shape index (κ1) is 16.4. The minimum Gasteiger partial charge on any atom is -0.383 e. The highest BCUT2D eigenvalue weighted by molar-refractivity contribution is 7.89. The number of rotatable bonds is 5. The molecule has 0 radical (unpaired) electrons. The Hall–Kier alpha value is -0.950. The van der Waals surface area contributed by atoms with Gasteiger partial charge in [-0.3, -0.25) is 4.90 Å². The summed E-state index contributed by atoms with van der Waals surface area (Å²) in [4.78, 5) is 2.67. The van der Waals surface area contributed by atoms with Crippen LogP contribution in [0.15, 0.2) is 23.1 Å². The van der Waals surface area contributed by atoms with E-state index in [0.717, 1.165) is 30.8 Å². The molecule has 21 heavy (non-hydrogen) atoms. The smallest absolute Gasteiger partial charge is 0.243 e. The molecule has 6 heteroatoms. The van der Waals surface area contributed by atoms with Gasteiger partial charge in [0.25, 0.3) is 0 Å². The number of aryl methyl sites for hydroxylation is 2. The van der Waals surface area contributed by atoms with Crippen molar-refractivity contribution < 1.29 is 13.2 Å². The van der Waals surface area contributed by atoms with Crippen LogP contribution in [0.2, 0.25) is 0 Å². The van der Waals surface area contributed by atoms with Crippen molar-refractivity contribution in [2.24, 2.45) is 0 Å². The lowest BCUT2D eigenvalue weighted by molar-refractivity contribution is 0.123. The molecule has 0 bridgehead atoms. The summed E-state index contributed by atoms with van der Waals surface area (Å²) in [5.74, 6) is 0. The molecule has 0 atom stereocenters. The van der Waals surface area contributed by atoms with Crippen LogP contribution >= 0.6 is 0 Å². The molecular weight excluding hydrogens is 288 g/mol. The second-order valence-corrected chi connectivity index (χ2v) is 7.41. The summed E-state index contributed by atoms with van der Waals surface area (Å²) in [5.41, 5.74) is 1.78. The molecule has 0 amide bonds. The summed E-state index contributed by atoms with van der Waals surface area (Å²) in [6.07, 6.45) is 0. The zero-order chi connectivity index (χ0) is 15.5. The van der Waals surface area contributed by atoms with Gasteiger partial charge in [-0.1, -0.05) is 12.1 Å². The summed E-state index contributed by atoms with van der Waals surface area (Å²) < 4.78 is 32.2. The van der Waals surface area contributed by atoms with Crippen molar-refractivity contribution in [2.75, 3.05) is 46.4 Å². The lowest BCUT2D eigenvalue weighted by Gasteiger charge is -2.34. The Kier molecular flexibility index (Phi) is 5.37. The highest BCUT2D eigenvalue weighted by atomic mass is 32.2. The van der Waals surface area contributed by atoms with Gasteiger partial charge >= 0.3 is 0 Å². The molecule has 118 valence electrons.